The molecule has 0 saturated heterocycles. The molecule has 35 heavy (non-hydrogen) atoms. The molecule has 0 bridgehead atoms. The van der Waals surface area contributed by atoms with E-state index in [1.165, 1.54) is 19.1 Å². The number of rotatable bonds is 7. The third kappa shape index (κ3) is 4.20. The van der Waals surface area contributed by atoms with Gasteiger partial charge in [-0.15, -0.1) is 0 Å². The molecule has 2 heterocycles. The lowest BCUT2D eigenvalue weighted by molar-refractivity contribution is 0.240. The minimum absolute atomic E-state index is 0.150. The fourth-order valence-electron chi connectivity index (χ4n) is 4.81. The molecule has 4 aromatic rings. The summed E-state index contributed by atoms with van der Waals surface area (Å²) in [4.78, 5) is 16.3. The molecule has 0 spiro atoms. The molecular weight excluding hydrogens is 442 g/mol. The maximum atomic E-state index is 12.2. The second-order valence-electron chi connectivity index (χ2n) is 9.41. The van der Waals surface area contributed by atoms with Crippen LogP contribution in [0.25, 0.3) is 22.2 Å². The van der Waals surface area contributed by atoms with Gasteiger partial charge in [0.15, 0.2) is 6.61 Å². The number of nitrogens with two attached hydrogens (primary N) is 1. The van der Waals surface area contributed by atoms with E-state index in [1.54, 1.807) is 6.20 Å². The van der Waals surface area contributed by atoms with Gasteiger partial charge >= 0.3 is 6.03 Å². The van der Waals surface area contributed by atoms with Gasteiger partial charge in [0.2, 0.25) is 5.89 Å². The Morgan fingerprint density at radius 3 is 2.57 bits per heavy atom. The summed E-state index contributed by atoms with van der Waals surface area (Å²) in [6.07, 6.45) is 9.91. The number of anilines is 2. The van der Waals surface area contributed by atoms with Crippen LogP contribution in [0, 0.1) is 0 Å². The number of nitrogens with zero attached hydrogens (tertiary/aromatic N) is 2. The van der Waals surface area contributed by atoms with Crippen LogP contribution in [0.2, 0.25) is 0 Å². The normalized spacial score (nSPS) is 16.0. The molecule has 8 heteroatoms. The molecular formula is C27H29N5O3. The first-order valence-electron chi connectivity index (χ1n) is 12.3. The van der Waals surface area contributed by atoms with Crippen molar-refractivity contribution in [1.82, 2.24) is 14.9 Å². The first-order chi connectivity index (χ1) is 17.2. The molecule has 8 nitrogen and oxygen atoms in total. The summed E-state index contributed by atoms with van der Waals surface area (Å²) in [5.74, 6) is 1.28. The molecule has 0 unspecified atom stereocenters. The number of nitrogens with one attached hydrogen (secondary N) is 2. The summed E-state index contributed by atoms with van der Waals surface area (Å²) in [6.45, 7) is 0.272. The molecule has 2 saturated carbocycles. The number of hydrogen-bond acceptors (Lipinski definition) is 5. The number of carbonyl (C=O) groups excluding carboxylic acids is 1. The molecule has 2 fully saturated rings. The van der Waals surface area contributed by atoms with Gasteiger partial charge in [-0.25, -0.2) is 9.78 Å². The zero-order valence-corrected chi connectivity index (χ0v) is 19.5. The number of carbonyl (C=O) groups is 1. The molecule has 2 aromatic heterocycles. The highest BCUT2D eigenvalue weighted by molar-refractivity contribution is 6.02. The average Bonchev–Trinajstić information content (AvgIpc) is 3.41. The smallest absolute Gasteiger partial charge is 0.319 e. The topological polar surface area (TPSA) is 107 Å². The van der Waals surface area contributed by atoms with Crippen LogP contribution in [0.4, 0.5) is 16.2 Å². The summed E-state index contributed by atoms with van der Waals surface area (Å²) in [5, 5.41) is 6.95. The van der Waals surface area contributed by atoms with Crippen LogP contribution in [0.3, 0.4) is 0 Å². The lowest BCUT2D eigenvalue weighted by atomic mass is 9.92. The first kappa shape index (κ1) is 21.6. The van der Waals surface area contributed by atoms with E-state index < -0.39 is 0 Å². The van der Waals surface area contributed by atoms with Crippen LogP contribution in [0.1, 0.15) is 50.5 Å². The van der Waals surface area contributed by atoms with Gasteiger partial charge in [-0.1, -0.05) is 12.1 Å². The van der Waals surface area contributed by atoms with Gasteiger partial charge in [0.25, 0.3) is 0 Å². The largest absolute Gasteiger partial charge is 0.484 e. The Balaban J connectivity index is 1.29. The molecule has 2 amide bonds. The molecule has 0 aliphatic heterocycles. The maximum Gasteiger partial charge on any atom is 0.319 e. The lowest BCUT2D eigenvalue weighted by Crippen LogP contribution is -2.41. The monoisotopic (exact) mass is 471 g/mol. The maximum absolute atomic E-state index is 12.2. The minimum atomic E-state index is -0.150. The summed E-state index contributed by atoms with van der Waals surface area (Å²) in [6, 6.07) is 14.5. The predicted molar refractivity (Wildman–Crippen MR) is 135 cm³/mol. The van der Waals surface area contributed by atoms with E-state index in [0.717, 1.165) is 65.0 Å². The van der Waals surface area contributed by atoms with Gasteiger partial charge < -0.3 is 30.1 Å². The Bertz CT molecular complexity index is 1340. The third-order valence-electron chi connectivity index (χ3n) is 7.16. The van der Waals surface area contributed by atoms with Crippen LogP contribution in [-0.4, -0.2) is 21.6 Å². The third-order valence-corrected chi connectivity index (χ3v) is 7.16. The Labute approximate surface area is 203 Å². The Morgan fingerprint density at radius 1 is 1.11 bits per heavy atom. The van der Waals surface area contributed by atoms with Crippen molar-refractivity contribution >= 4 is 28.3 Å². The number of ether oxygens (including phenoxy) is 1. The minimum Gasteiger partial charge on any atom is -0.484 e. The van der Waals surface area contributed by atoms with Crippen molar-refractivity contribution in [2.24, 2.45) is 0 Å². The van der Waals surface area contributed by atoms with Crippen LogP contribution >= 0.6 is 0 Å². The molecule has 0 radical (unpaired) electrons. The van der Waals surface area contributed by atoms with E-state index in [1.807, 2.05) is 36.4 Å². The number of urea groups is 1. The number of fused-ring (bicyclic) bond motifs is 1. The lowest BCUT2D eigenvalue weighted by Gasteiger charge is -2.30. The van der Waals surface area contributed by atoms with E-state index >= 15 is 0 Å². The molecule has 2 aliphatic rings. The van der Waals surface area contributed by atoms with Crippen LogP contribution in [-0.2, 0) is 6.61 Å². The van der Waals surface area contributed by atoms with E-state index in [-0.39, 0.29) is 12.6 Å². The average molecular weight is 472 g/mol. The highest BCUT2D eigenvalue weighted by Crippen LogP contribution is 2.45. The van der Waals surface area contributed by atoms with E-state index in [2.05, 4.69) is 26.3 Å². The number of amides is 2. The van der Waals surface area contributed by atoms with Crippen LogP contribution < -0.4 is 21.1 Å². The summed E-state index contributed by atoms with van der Waals surface area (Å²) >= 11 is 0. The highest BCUT2D eigenvalue weighted by atomic mass is 16.5. The molecule has 2 aliphatic carbocycles. The summed E-state index contributed by atoms with van der Waals surface area (Å²) < 4.78 is 13.6. The van der Waals surface area contributed by atoms with Crippen molar-refractivity contribution in [3.05, 3.63) is 60.8 Å². The standard InChI is InChI=1S/C27H29N5O3/c28-25-22-12-11-21(35-16-24-29-13-14-34-24)15-23(22)32(20-5-2-6-20)26(25)17-7-9-19(10-8-17)31-27(33)30-18-3-1-4-18/h7-15,18,20H,1-6,16,28H2,(H2,30,31,33). The highest BCUT2D eigenvalue weighted by Gasteiger charge is 2.27. The van der Waals surface area contributed by atoms with Crippen molar-refractivity contribution < 1.29 is 13.9 Å². The van der Waals surface area contributed by atoms with E-state index in [4.69, 9.17) is 14.9 Å². The van der Waals surface area contributed by atoms with E-state index in [9.17, 15) is 4.79 Å². The fourth-order valence-corrected chi connectivity index (χ4v) is 4.81. The summed E-state index contributed by atoms with van der Waals surface area (Å²) in [5.41, 5.74) is 11.3. The second-order valence-corrected chi connectivity index (χ2v) is 9.41. The van der Waals surface area contributed by atoms with Gasteiger partial charge in [0.1, 0.15) is 12.0 Å². The van der Waals surface area contributed by atoms with Crippen LogP contribution in [0.5, 0.6) is 5.75 Å². The van der Waals surface area contributed by atoms with Gasteiger partial charge in [-0.3, -0.25) is 0 Å². The van der Waals surface area contributed by atoms with Crippen molar-refractivity contribution in [3.8, 4) is 17.0 Å². The van der Waals surface area contributed by atoms with Crippen molar-refractivity contribution in [1.29, 1.82) is 0 Å². The summed E-state index contributed by atoms with van der Waals surface area (Å²) in [7, 11) is 0. The van der Waals surface area contributed by atoms with Crippen molar-refractivity contribution in [3.63, 3.8) is 0 Å². The number of oxazole rings is 1. The predicted octanol–water partition coefficient (Wildman–Crippen LogP) is 5.86. The first-order valence-corrected chi connectivity index (χ1v) is 12.3. The van der Waals surface area contributed by atoms with Crippen LogP contribution in [0.15, 0.2) is 59.3 Å². The SMILES string of the molecule is Nc1c(-c2ccc(NC(=O)NC3CCC3)cc2)n(C2CCC2)c2cc(OCc3ncco3)ccc12. The quantitative estimate of drug-likeness (QED) is 0.313. The zero-order chi connectivity index (χ0) is 23.8. The number of benzene rings is 2. The van der Waals surface area contributed by atoms with E-state index in [0.29, 0.717) is 18.0 Å². The Hall–Kier alpha value is -3.94. The zero-order valence-electron chi connectivity index (χ0n) is 19.5. The molecule has 4 N–H and O–H groups in total. The molecule has 6 rings (SSSR count). The Kier molecular flexibility index (Phi) is 5.56. The Morgan fingerprint density at radius 2 is 1.91 bits per heavy atom. The molecule has 0 atom stereocenters. The van der Waals surface area contributed by atoms with Crippen molar-refractivity contribution in [2.75, 3.05) is 11.1 Å². The number of nitrogen functional groups attached to an aromatic ring is 1. The number of aromatic nitrogens is 2. The van der Waals surface area contributed by atoms with Gasteiger partial charge in [-0.2, -0.15) is 0 Å². The number of hydrogen-bond donors (Lipinski definition) is 3. The second kappa shape index (κ2) is 9.02. The molecule has 2 aromatic carbocycles. The van der Waals surface area contributed by atoms with Gasteiger partial charge in [0, 0.05) is 34.8 Å². The van der Waals surface area contributed by atoms with Gasteiger partial charge in [-0.05, 0) is 62.8 Å². The van der Waals surface area contributed by atoms with Gasteiger partial charge in [0.05, 0.1) is 23.1 Å². The molecule has 180 valence electrons. The fraction of sp³-hybridized carbons (Fsp3) is 0.333. The van der Waals surface area contributed by atoms with Crippen molar-refractivity contribution in [2.45, 2.75) is 57.2 Å².